The van der Waals surface area contributed by atoms with E-state index in [2.05, 4.69) is 12.1 Å². The van der Waals surface area contributed by atoms with E-state index in [4.69, 9.17) is 5.73 Å². The summed E-state index contributed by atoms with van der Waals surface area (Å²) in [6.45, 7) is 0. The number of ketones is 1. The van der Waals surface area contributed by atoms with Crippen molar-refractivity contribution in [3.8, 4) is 0 Å². The van der Waals surface area contributed by atoms with E-state index in [1.165, 1.54) is 5.56 Å². The Kier molecular flexibility index (Phi) is 2.64. The van der Waals surface area contributed by atoms with Gasteiger partial charge in [0.2, 0.25) is 0 Å². The Bertz CT molecular complexity index is 320. The zero-order valence-electron chi connectivity index (χ0n) is 8.15. The lowest BCUT2D eigenvalue weighted by atomic mass is 9.81. The molecule has 1 aliphatic rings. The molecule has 2 N–H and O–H groups in total. The van der Waals surface area contributed by atoms with E-state index >= 15 is 0 Å². The second kappa shape index (κ2) is 3.93. The van der Waals surface area contributed by atoms with Gasteiger partial charge in [-0.25, -0.2) is 0 Å². The summed E-state index contributed by atoms with van der Waals surface area (Å²) in [5.74, 6) is 0.695. The van der Waals surface area contributed by atoms with Crippen LogP contribution in [0, 0.1) is 0 Å². The van der Waals surface area contributed by atoms with E-state index in [0.717, 1.165) is 12.8 Å². The van der Waals surface area contributed by atoms with Gasteiger partial charge >= 0.3 is 0 Å². The lowest BCUT2D eigenvalue weighted by molar-refractivity contribution is -0.121. The highest BCUT2D eigenvalue weighted by Crippen LogP contribution is 2.30. The summed E-state index contributed by atoms with van der Waals surface area (Å²) in [5.41, 5.74) is 7.07. The molecule has 0 saturated heterocycles. The zero-order valence-corrected chi connectivity index (χ0v) is 8.15. The molecule has 1 saturated carbocycles. The fraction of sp³-hybridized carbons (Fsp3) is 0.417. The van der Waals surface area contributed by atoms with E-state index in [1.54, 1.807) is 0 Å². The summed E-state index contributed by atoms with van der Waals surface area (Å²) in [7, 11) is 0. The van der Waals surface area contributed by atoms with E-state index in [1.807, 2.05) is 18.2 Å². The van der Waals surface area contributed by atoms with Crippen LogP contribution in [0.15, 0.2) is 30.3 Å². The first-order valence-corrected chi connectivity index (χ1v) is 5.10. The first kappa shape index (κ1) is 9.41. The summed E-state index contributed by atoms with van der Waals surface area (Å²) in [6, 6.07) is 10.1. The van der Waals surface area contributed by atoms with Crippen molar-refractivity contribution in [1.82, 2.24) is 0 Å². The lowest BCUT2D eigenvalue weighted by Gasteiger charge is -2.25. The third-order valence-corrected chi connectivity index (χ3v) is 2.96. The van der Waals surface area contributed by atoms with Crippen LogP contribution in [0.5, 0.6) is 0 Å². The van der Waals surface area contributed by atoms with Crippen molar-refractivity contribution in [2.75, 3.05) is 0 Å². The van der Waals surface area contributed by atoms with Gasteiger partial charge in [0.1, 0.15) is 5.78 Å². The monoisotopic (exact) mass is 189 g/mol. The molecule has 1 fully saturated rings. The predicted octanol–water partition coefficient (Wildman–Crippen LogP) is 1.85. The fourth-order valence-electron chi connectivity index (χ4n) is 2.09. The minimum atomic E-state index is -0.242. The van der Waals surface area contributed by atoms with E-state index in [-0.39, 0.29) is 11.8 Å². The van der Waals surface area contributed by atoms with Gasteiger partial charge in [0.15, 0.2) is 0 Å². The van der Waals surface area contributed by atoms with Gasteiger partial charge in [0.25, 0.3) is 0 Å². The molecular weight excluding hydrogens is 174 g/mol. The Morgan fingerprint density at radius 1 is 1.21 bits per heavy atom. The van der Waals surface area contributed by atoms with Crippen molar-refractivity contribution in [3.63, 3.8) is 0 Å². The lowest BCUT2D eigenvalue weighted by Crippen LogP contribution is -2.36. The van der Waals surface area contributed by atoms with Crippen LogP contribution >= 0.6 is 0 Å². The van der Waals surface area contributed by atoms with Gasteiger partial charge in [-0.3, -0.25) is 4.79 Å². The Labute approximate surface area is 84.1 Å². The van der Waals surface area contributed by atoms with Crippen LogP contribution in [-0.4, -0.2) is 11.8 Å². The highest BCUT2D eigenvalue weighted by Gasteiger charge is 2.26. The van der Waals surface area contributed by atoms with Gasteiger partial charge < -0.3 is 5.73 Å². The van der Waals surface area contributed by atoms with E-state index < -0.39 is 0 Å². The number of benzene rings is 1. The predicted molar refractivity (Wildman–Crippen MR) is 56.0 cm³/mol. The SMILES string of the molecule is N[C@H]1C[C@H](c2ccccc2)CCC1=O. The Balaban J connectivity index is 2.11. The molecule has 1 aromatic rings. The number of hydrogen-bond acceptors (Lipinski definition) is 2. The molecule has 2 nitrogen and oxygen atoms in total. The summed E-state index contributed by atoms with van der Waals surface area (Å²) in [4.78, 5) is 11.2. The number of hydrogen-bond donors (Lipinski definition) is 1. The molecule has 0 aromatic heterocycles. The third kappa shape index (κ3) is 1.85. The Hall–Kier alpha value is -1.15. The molecule has 1 aromatic carbocycles. The fourth-order valence-corrected chi connectivity index (χ4v) is 2.09. The van der Waals surface area contributed by atoms with Crippen LogP contribution in [0.3, 0.4) is 0 Å². The third-order valence-electron chi connectivity index (χ3n) is 2.96. The minimum absolute atomic E-state index is 0.220. The van der Waals surface area contributed by atoms with E-state index in [0.29, 0.717) is 12.3 Å². The van der Waals surface area contributed by atoms with Gasteiger partial charge in [-0.05, 0) is 24.3 Å². The Morgan fingerprint density at radius 3 is 2.57 bits per heavy atom. The van der Waals surface area contributed by atoms with Gasteiger partial charge in [-0.2, -0.15) is 0 Å². The highest BCUT2D eigenvalue weighted by atomic mass is 16.1. The van der Waals surface area contributed by atoms with Gasteiger partial charge in [-0.15, -0.1) is 0 Å². The minimum Gasteiger partial charge on any atom is -0.321 e. The maximum Gasteiger partial charge on any atom is 0.149 e. The average molecular weight is 189 g/mol. The zero-order chi connectivity index (χ0) is 9.97. The number of rotatable bonds is 1. The van der Waals surface area contributed by atoms with Crippen LogP contribution < -0.4 is 5.73 Å². The maximum atomic E-state index is 11.2. The average Bonchev–Trinajstić information content (AvgIpc) is 2.23. The normalized spacial score (nSPS) is 27.6. The second-order valence-corrected chi connectivity index (χ2v) is 3.95. The van der Waals surface area contributed by atoms with Crippen LogP contribution in [0.1, 0.15) is 30.7 Å². The summed E-state index contributed by atoms with van der Waals surface area (Å²) < 4.78 is 0. The van der Waals surface area contributed by atoms with Crippen LogP contribution in [-0.2, 0) is 4.79 Å². The standard InChI is InChI=1S/C12H15NO/c13-11-8-10(6-7-12(11)14)9-4-2-1-3-5-9/h1-5,10-11H,6-8,13H2/t10-,11+/m1/s1. The Morgan fingerprint density at radius 2 is 1.93 bits per heavy atom. The van der Waals surface area contributed by atoms with Crippen molar-refractivity contribution in [2.45, 2.75) is 31.2 Å². The van der Waals surface area contributed by atoms with Crippen LogP contribution in [0.4, 0.5) is 0 Å². The number of Topliss-reactive ketones (excluding diaryl/α,β-unsaturated/α-hetero) is 1. The molecule has 2 rings (SSSR count). The largest absolute Gasteiger partial charge is 0.321 e. The molecule has 0 amide bonds. The molecule has 0 heterocycles. The summed E-state index contributed by atoms with van der Waals surface area (Å²) in [5, 5.41) is 0. The molecule has 1 aliphatic carbocycles. The van der Waals surface area contributed by atoms with Crippen molar-refractivity contribution in [1.29, 1.82) is 0 Å². The molecule has 0 radical (unpaired) electrons. The number of nitrogens with two attached hydrogens (primary N) is 1. The molecule has 2 atom stereocenters. The van der Waals surface area contributed by atoms with Gasteiger partial charge in [0.05, 0.1) is 6.04 Å². The smallest absolute Gasteiger partial charge is 0.149 e. The summed E-state index contributed by atoms with van der Waals surface area (Å²) >= 11 is 0. The van der Waals surface area contributed by atoms with Gasteiger partial charge in [-0.1, -0.05) is 30.3 Å². The number of carbonyl (C=O) groups is 1. The second-order valence-electron chi connectivity index (χ2n) is 3.95. The molecular formula is C12H15NO. The van der Waals surface area contributed by atoms with Crippen LogP contribution in [0.25, 0.3) is 0 Å². The van der Waals surface area contributed by atoms with Crippen molar-refractivity contribution in [3.05, 3.63) is 35.9 Å². The molecule has 0 spiro atoms. The van der Waals surface area contributed by atoms with E-state index in [9.17, 15) is 4.79 Å². The first-order chi connectivity index (χ1) is 6.77. The highest BCUT2D eigenvalue weighted by molar-refractivity contribution is 5.84. The van der Waals surface area contributed by atoms with Crippen molar-refractivity contribution in [2.24, 2.45) is 5.73 Å². The van der Waals surface area contributed by atoms with Gasteiger partial charge in [0, 0.05) is 6.42 Å². The molecule has 0 aliphatic heterocycles. The molecule has 0 bridgehead atoms. The summed E-state index contributed by atoms with van der Waals surface area (Å²) in [6.07, 6.45) is 2.40. The van der Waals surface area contributed by atoms with Crippen molar-refractivity contribution < 1.29 is 4.79 Å². The maximum absolute atomic E-state index is 11.2. The van der Waals surface area contributed by atoms with Crippen LogP contribution in [0.2, 0.25) is 0 Å². The molecule has 14 heavy (non-hydrogen) atoms. The number of carbonyl (C=O) groups excluding carboxylic acids is 1. The molecule has 74 valence electrons. The quantitative estimate of drug-likeness (QED) is 0.732. The topological polar surface area (TPSA) is 43.1 Å². The molecule has 2 heteroatoms. The van der Waals surface area contributed by atoms with Crippen molar-refractivity contribution >= 4 is 5.78 Å². The molecule has 0 unspecified atom stereocenters. The first-order valence-electron chi connectivity index (χ1n) is 5.10.